The van der Waals surface area contributed by atoms with Gasteiger partial charge in [-0.2, -0.15) is 13.2 Å². The van der Waals surface area contributed by atoms with Crippen LogP contribution in [0.25, 0.3) is 5.70 Å². The molecule has 2 rings (SSSR count). The molecule has 0 unspecified atom stereocenters. The highest BCUT2D eigenvalue weighted by molar-refractivity contribution is 5.73. The van der Waals surface area contributed by atoms with Crippen molar-refractivity contribution in [1.82, 2.24) is 4.90 Å². The largest absolute Gasteiger partial charge is 0.416 e. The van der Waals surface area contributed by atoms with Crippen molar-refractivity contribution in [3.8, 4) is 0 Å². The second kappa shape index (κ2) is 4.55. The maximum absolute atomic E-state index is 12.5. The van der Waals surface area contributed by atoms with E-state index in [2.05, 4.69) is 11.5 Å². The summed E-state index contributed by atoms with van der Waals surface area (Å²) in [5.41, 5.74) is 6.40. The summed E-state index contributed by atoms with van der Waals surface area (Å²) in [6.45, 7) is 5.70. The van der Waals surface area contributed by atoms with Crippen LogP contribution in [0.3, 0.4) is 0 Å². The van der Waals surface area contributed by atoms with E-state index in [9.17, 15) is 13.2 Å². The first kappa shape index (κ1) is 12.8. The van der Waals surface area contributed by atoms with E-state index in [0.29, 0.717) is 11.3 Å². The predicted molar refractivity (Wildman–Crippen MR) is 65.7 cm³/mol. The van der Waals surface area contributed by atoms with E-state index in [-0.39, 0.29) is 5.69 Å². The Morgan fingerprint density at radius 1 is 1.22 bits per heavy atom. The summed E-state index contributed by atoms with van der Waals surface area (Å²) in [7, 11) is 0. The third kappa shape index (κ3) is 2.44. The number of alkyl halides is 3. The van der Waals surface area contributed by atoms with E-state index in [1.54, 1.807) is 0 Å². The standard InChI is InChI=1S/C13H15F3N2/c1-9(18-6-2-3-7-18)11-5-4-10(8-12(11)17)13(14,15)16/h4-5,8H,1-3,6-7,17H2. The molecule has 0 aliphatic carbocycles. The van der Waals surface area contributed by atoms with E-state index in [1.807, 2.05) is 0 Å². The van der Waals surface area contributed by atoms with Gasteiger partial charge in [-0.1, -0.05) is 12.6 Å². The Kier molecular flexibility index (Phi) is 3.24. The molecule has 2 nitrogen and oxygen atoms in total. The number of anilines is 1. The molecule has 0 atom stereocenters. The molecule has 0 bridgehead atoms. The number of nitrogen functional groups attached to an aromatic ring is 1. The van der Waals surface area contributed by atoms with Gasteiger partial charge in [0.1, 0.15) is 0 Å². The van der Waals surface area contributed by atoms with Crippen LogP contribution in [0.1, 0.15) is 24.0 Å². The van der Waals surface area contributed by atoms with Crippen LogP contribution in [0.2, 0.25) is 0 Å². The van der Waals surface area contributed by atoms with Gasteiger partial charge in [0.15, 0.2) is 0 Å². The predicted octanol–water partition coefficient (Wildman–Crippen LogP) is 3.35. The Bertz CT molecular complexity index is 460. The molecule has 1 fully saturated rings. The zero-order valence-electron chi connectivity index (χ0n) is 9.93. The monoisotopic (exact) mass is 256 g/mol. The molecule has 98 valence electrons. The third-order valence-corrected chi connectivity index (χ3v) is 3.18. The van der Waals surface area contributed by atoms with Crippen LogP contribution in [0, 0.1) is 0 Å². The van der Waals surface area contributed by atoms with Crippen molar-refractivity contribution < 1.29 is 13.2 Å². The Morgan fingerprint density at radius 2 is 1.83 bits per heavy atom. The van der Waals surface area contributed by atoms with E-state index in [1.165, 1.54) is 6.07 Å². The molecule has 0 radical (unpaired) electrons. The number of hydrogen-bond donors (Lipinski definition) is 1. The molecule has 0 saturated carbocycles. The zero-order chi connectivity index (χ0) is 13.3. The van der Waals surface area contributed by atoms with Crippen LogP contribution < -0.4 is 5.73 Å². The molecule has 1 aliphatic heterocycles. The van der Waals surface area contributed by atoms with E-state index >= 15 is 0 Å². The molecule has 2 N–H and O–H groups in total. The lowest BCUT2D eigenvalue weighted by atomic mass is 10.1. The van der Waals surface area contributed by atoms with Crippen LogP contribution >= 0.6 is 0 Å². The van der Waals surface area contributed by atoms with Crippen LogP contribution in [-0.4, -0.2) is 18.0 Å². The number of rotatable bonds is 2. The Hall–Kier alpha value is -1.65. The second-order valence-corrected chi connectivity index (χ2v) is 4.44. The molecule has 1 saturated heterocycles. The van der Waals surface area contributed by atoms with E-state index in [4.69, 9.17) is 5.73 Å². The van der Waals surface area contributed by atoms with Crippen molar-refractivity contribution in [1.29, 1.82) is 0 Å². The van der Waals surface area contributed by atoms with Crippen molar-refractivity contribution >= 4 is 11.4 Å². The molecular formula is C13H15F3N2. The highest BCUT2D eigenvalue weighted by Crippen LogP contribution is 2.34. The van der Waals surface area contributed by atoms with Gasteiger partial charge in [0, 0.05) is 30.0 Å². The Morgan fingerprint density at radius 3 is 2.33 bits per heavy atom. The molecule has 1 aromatic rings. The van der Waals surface area contributed by atoms with Crippen molar-refractivity contribution in [3.05, 3.63) is 35.9 Å². The summed E-state index contributed by atoms with van der Waals surface area (Å²) in [6.07, 6.45) is -2.19. The number of hydrogen-bond acceptors (Lipinski definition) is 2. The van der Waals surface area contributed by atoms with Gasteiger partial charge < -0.3 is 10.6 Å². The number of nitrogens with two attached hydrogens (primary N) is 1. The maximum Gasteiger partial charge on any atom is 0.416 e. The van der Waals surface area contributed by atoms with Gasteiger partial charge in [-0.05, 0) is 25.0 Å². The SMILES string of the molecule is C=C(c1ccc(C(F)(F)F)cc1N)N1CCCC1. The first-order valence-corrected chi connectivity index (χ1v) is 5.80. The normalized spacial score (nSPS) is 16.1. The minimum atomic E-state index is -4.36. The topological polar surface area (TPSA) is 29.3 Å². The molecule has 5 heteroatoms. The number of benzene rings is 1. The smallest absolute Gasteiger partial charge is 0.398 e. The Labute approximate surface area is 104 Å². The molecule has 0 amide bonds. The molecule has 0 aromatic heterocycles. The summed E-state index contributed by atoms with van der Waals surface area (Å²) in [5.74, 6) is 0. The summed E-state index contributed by atoms with van der Waals surface area (Å²) in [4.78, 5) is 2.05. The van der Waals surface area contributed by atoms with Gasteiger partial charge in [0.2, 0.25) is 0 Å². The molecule has 18 heavy (non-hydrogen) atoms. The van der Waals surface area contributed by atoms with Crippen molar-refractivity contribution in [2.24, 2.45) is 0 Å². The number of halogens is 3. The van der Waals surface area contributed by atoms with E-state index < -0.39 is 11.7 Å². The van der Waals surface area contributed by atoms with Gasteiger partial charge in [-0.25, -0.2) is 0 Å². The highest BCUT2D eigenvalue weighted by atomic mass is 19.4. The van der Waals surface area contributed by atoms with Gasteiger partial charge in [0.25, 0.3) is 0 Å². The first-order chi connectivity index (χ1) is 8.39. The zero-order valence-corrected chi connectivity index (χ0v) is 9.93. The van der Waals surface area contributed by atoms with Gasteiger partial charge >= 0.3 is 6.18 Å². The average Bonchev–Trinajstić information content (AvgIpc) is 2.80. The second-order valence-electron chi connectivity index (χ2n) is 4.44. The summed E-state index contributed by atoms with van der Waals surface area (Å²) in [5, 5.41) is 0. The van der Waals surface area contributed by atoms with Crippen LogP contribution in [0.15, 0.2) is 24.8 Å². The van der Waals surface area contributed by atoms with Gasteiger partial charge in [-0.15, -0.1) is 0 Å². The number of nitrogens with zero attached hydrogens (tertiary/aromatic N) is 1. The molecule has 0 spiro atoms. The fraction of sp³-hybridized carbons (Fsp3) is 0.385. The quantitative estimate of drug-likeness (QED) is 0.822. The van der Waals surface area contributed by atoms with Gasteiger partial charge in [0.05, 0.1) is 5.56 Å². The molecule has 1 heterocycles. The number of likely N-dealkylation sites (tertiary alicyclic amines) is 1. The fourth-order valence-electron chi connectivity index (χ4n) is 2.16. The lowest BCUT2D eigenvalue weighted by molar-refractivity contribution is -0.137. The lowest BCUT2D eigenvalue weighted by Crippen LogP contribution is -2.17. The maximum atomic E-state index is 12.5. The fourth-order valence-corrected chi connectivity index (χ4v) is 2.16. The highest BCUT2D eigenvalue weighted by Gasteiger charge is 2.31. The lowest BCUT2D eigenvalue weighted by Gasteiger charge is -2.22. The van der Waals surface area contributed by atoms with Gasteiger partial charge in [-0.3, -0.25) is 0 Å². The first-order valence-electron chi connectivity index (χ1n) is 5.80. The van der Waals surface area contributed by atoms with Crippen molar-refractivity contribution in [3.63, 3.8) is 0 Å². The van der Waals surface area contributed by atoms with Crippen LogP contribution in [0.4, 0.5) is 18.9 Å². The van der Waals surface area contributed by atoms with Crippen LogP contribution in [0.5, 0.6) is 0 Å². The molecule has 1 aromatic carbocycles. The van der Waals surface area contributed by atoms with E-state index in [0.717, 1.165) is 38.1 Å². The summed E-state index contributed by atoms with van der Waals surface area (Å²) >= 11 is 0. The summed E-state index contributed by atoms with van der Waals surface area (Å²) in [6, 6.07) is 3.42. The minimum absolute atomic E-state index is 0.127. The van der Waals surface area contributed by atoms with Crippen molar-refractivity contribution in [2.45, 2.75) is 19.0 Å². The van der Waals surface area contributed by atoms with Crippen molar-refractivity contribution in [2.75, 3.05) is 18.8 Å². The minimum Gasteiger partial charge on any atom is -0.398 e. The van der Waals surface area contributed by atoms with Crippen LogP contribution in [-0.2, 0) is 6.18 Å². The average molecular weight is 256 g/mol. The Balaban J connectivity index is 2.27. The molecule has 1 aliphatic rings. The summed E-state index contributed by atoms with van der Waals surface area (Å²) < 4.78 is 37.5. The molecular weight excluding hydrogens is 241 g/mol. The third-order valence-electron chi connectivity index (χ3n) is 3.18.